The maximum Gasteiger partial charge on any atom is 0.326 e. The fourth-order valence-corrected chi connectivity index (χ4v) is 6.53. The molecule has 2 aromatic heterocycles. The van der Waals surface area contributed by atoms with Crippen LogP contribution in [0.15, 0.2) is 42.5 Å². The van der Waals surface area contributed by atoms with E-state index < -0.39 is 15.2 Å². The van der Waals surface area contributed by atoms with Gasteiger partial charge in [-0.2, -0.15) is 14.0 Å². The maximum atomic E-state index is 11.4. The van der Waals surface area contributed by atoms with Crippen molar-refractivity contribution in [2.45, 2.75) is 31.6 Å². The Hall–Kier alpha value is -0.640. The number of halogens is 1. The van der Waals surface area contributed by atoms with Crippen LogP contribution in [-0.2, 0) is 22.1 Å². The zero-order valence-electron chi connectivity index (χ0n) is 13.7. The van der Waals surface area contributed by atoms with Crippen LogP contribution in [0.1, 0.15) is 33.4 Å². The van der Waals surface area contributed by atoms with E-state index in [0.717, 1.165) is 27.5 Å². The summed E-state index contributed by atoms with van der Waals surface area (Å²) < 4.78 is 39.2. The van der Waals surface area contributed by atoms with E-state index >= 15 is 0 Å². The molecule has 0 spiro atoms. The Morgan fingerprint density at radius 1 is 1.00 bits per heavy atom. The smallest absolute Gasteiger partial charge is 0.183 e. The Morgan fingerprint density at radius 3 is 2.28 bits per heavy atom. The average molecular weight is 417 g/mol. The van der Waals surface area contributed by atoms with Crippen molar-refractivity contribution in [1.82, 2.24) is 0 Å². The van der Waals surface area contributed by atoms with Crippen molar-refractivity contribution >= 4 is 39.3 Å². The van der Waals surface area contributed by atoms with E-state index in [1.165, 1.54) is 28.0 Å². The molecule has 4 nitrogen and oxygen atoms in total. The van der Waals surface area contributed by atoms with Crippen molar-refractivity contribution in [3.8, 4) is 0 Å². The van der Waals surface area contributed by atoms with E-state index in [2.05, 4.69) is 13.0 Å². The summed E-state index contributed by atoms with van der Waals surface area (Å²) in [6.45, 7) is 4.12. The molecule has 3 heterocycles. The molecule has 25 heavy (non-hydrogen) atoms. The van der Waals surface area contributed by atoms with Gasteiger partial charge in [0, 0.05) is 19.5 Å². The molecule has 3 rings (SSSR count). The Balaban J connectivity index is 1.98. The number of allylic oxidation sites excluding steroid dienone is 2. The molecular formula is C17H17ClO4S3. The summed E-state index contributed by atoms with van der Waals surface area (Å²) >= 11 is 4.36. The first kappa shape index (κ1) is 19.1. The lowest BCUT2D eigenvalue weighted by Crippen LogP contribution is -2.63. The predicted octanol–water partition coefficient (Wildman–Crippen LogP) is 2.35. The lowest BCUT2D eigenvalue weighted by molar-refractivity contribution is -1.92. The molecule has 1 aliphatic heterocycles. The van der Waals surface area contributed by atoms with E-state index in [4.69, 9.17) is 4.29 Å². The van der Waals surface area contributed by atoms with Gasteiger partial charge in [0.25, 0.3) is 0 Å². The number of hydrogen-bond acceptors (Lipinski definition) is 7. The molecule has 1 unspecified atom stereocenters. The van der Waals surface area contributed by atoms with Crippen LogP contribution in [0.5, 0.6) is 0 Å². The first-order chi connectivity index (χ1) is 11.8. The molecule has 0 saturated heterocycles. The summed E-state index contributed by atoms with van der Waals surface area (Å²) in [6, 6.07) is 7.84. The fraction of sp³-hybridized carbons (Fsp3) is 0.294. The molecule has 0 bridgehead atoms. The van der Waals surface area contributed by atoms with Crippen LogP contribution in [0, 0.1) is 10.2 Å². The third-order valence-electron chi connectivity index (χ3n) is 3.64. The van der Waals surface area contributed by atoms with Crippen molar-refractivity contribution in [3.05, 3.63) is 62.0 Å². The maximum absolute atomic E-state index is 11.4. The van der Waals surface area contributed by atoms with Crippen molar-refractivity contribution in [3.63, 3.8) is 0 Å². The van der Waals surface area contributed by atoms with E-state index in [0.29, 0.717) is 4.88 Å². The minimum atomic E-state index is -4.57. The second-order valence-corrected chi connectivity index (χ2v) is 9.85. The summed E-state index contributed by atoms with van der Waals surface area (Å²) in [6.07, 6.45) is 7.08. The van der Waals surface area contributed by atoms with Crippen LogP contribution >= 0.6 is 34.4 Å². The molecule has 0 aromatic carbocycles. The second-order valence-electron chi connectivity index (χ2n) is 5.35. The van der Waals surface area contributed by atoms with Gasteiger partial charge in [0.1, 0.15) is 0 Å². The number of rotatable bonds is 6. The van der Waals surface area contributed by atoms with Gasteiger partial charge in [-0.1, -0.05) is 31.7 Å². The fourth-order valence-electron chi connectivity index (χ4n) is 2.43. The summed E-state index contributed by atoms with van der Waals surface area (Å²) in [5, 5.41) is 0. The molecule has 1 aliphatic rings. The molecular weight excluding hydrogens is 400 g/mol. The van der Waals surface area contributed by atoms with Gasteiger partial charge in [0.05, 0.1) is 19.4 Å². The normalized spacial score (nSPS) is 20.8. The topological polar surface area (TPSA) is 78.4 Å². The number of aryl methyl sites for hydroxylation is 2. The van der Waals surface area contributed by atoms with Gasteiger partial charge in [-0.15, -0.1) is 22.7 Å². The Kier molecular flexibility index (Phi) is 5.77. The van der Waals surface area contributed by atoms with Crippen LogP contribution in [0.3, 0.4) is 0 Å². The Labute approximate surface area is 161 Å². The highest BCUT2D eigenvalue weighted by Gasteiger charge is 2.50. The van der Waals surface area contributed by atoms with Gasteiger partial charge in [0.2, 0.25) is 0 Å². The van der Waals surface area contributed by atoms with Gasteiger partial charge in [0.15, 0.2) is 0 Å². The summed E-state index contributed by atoms with van der Waals surface area (Å²) in [5.74, 6) is 0. The molecule has 0 fully saturated rings. The molecule has 134 valence electrons. The molecule has 0 radical (unpaired) electrons. The van der Waals surface area contributed by atoms with E-state index in [9.17, 15) is 14.0 Å². The Morgan fingerprint density at radius 2 is 1.68 bits per heavy atom. The lowest BCUT2D eigenvalue weighted by Gasteiger charge is -2.28. The van der Waals surface area contributed by atoms with Gasteiger partial charge in [-0.25, -0.2) is 0 Å². The van der Waals surface area contributed by atoms with Crippen LogP contribution in [0.2, 0.25) is 0 Å². The van der Waals surface area contributed by atoms with Crippen LogP contribution in [0.25, 0.3) is 4.91 Å². The van der Waals surface area contributed by atoms with E-state index in [1.54, 1.807) is 23.5 Å². The minimum absolute atomic E-state index is 0.690. The number of hydrogen-bond donors (Lipinski definition) is 0. The van der Waals surface area contributed by atoms with Crippen LogP contribution in [0.4, 0.5) is 0 Å². The highest BCUT2D eigenvalue weighted by atomic mass is 35.7. The van der Waals surface area contributed by atoms with Crippen molar-refractivity contribution < 1.29 is 28.5 Å². The third kappa shape index (κ3) is 4.37. The van der Waals surface area contributed by atoms with Gasteiger partial charge >= 0.3 is 4.93 Å². The molecule has 0 aliphatic carbocycles. The first-order valence-corrected chi connectivity index (χ1v) is 11.4. The van der Waals surface area contributed by atoms with E-state index in [1.807, 2.05) is 31.2 Å². The molecule has 0 amide bonds. The zero-order valence-corrected chi connectivity index (χ0v) is 16.9. The second kappa shape index (κ2) is 7.54. The third-order valence-corrected chi connectivity index (χ3v) is 8.35. The van der Waals surface area contributed by atoms with Gasteiger partial charge in [-0.3, -0.25) is 0 Å². The highest BCUT2D eigenvalue weighted by molar-refractivity contribution is 8.09. The highest BCUT2D eigenvalue weighted by Crippen LogP contribution is 2.52. The quantitative estimate of drug-likeness (QED) is 0.722. The predicted molar refractivity (Wildman–Crippen MR) is 94.9 cm³/mol. The number of thiophene rings is 2. The van der Waals surface area contributed by atoms with Crippen molar-refractivity contribution in [2.75, 3.05) is 0 Å². The zero-order chi connectivity index (χ0) is 18.1. The van der Waals surface area contributed by atoms with E-state index in [-0.39, 0.29) is 0 Å². The molecule has 2 aromatic rings. The largest absolute Gasteiger partial charge is 0.326 e. The molecule has 1 atom stereocenters. The lowest BCUT2D eigenvalue weighted by atomic mass is 10.2. The first-order valence-electron chi connectivity index (χ1n) is 7.73. The molecule has 0 saturated carbocycles. The van der Waals surface area contributed by atoms with Crippen molar-refractivity contribution in [1.29, 1.82) is 0 Å². The van der Waals surface area contributed by atoms with Crippen LogP contribution in [-0.4, -0.2) is 0 Å². The standard InChI is InChI=1S/C17H17ClO4S3/c1-3-12-7-9-14(23-12)15-6-5-11-17(25-15,22-18(19,20)21)16-10-8-13(4-2)24-16/h5-11H,3-4H2,1-2H3. The summed E-state index contributed by atoms with van der Waals surface area (Å²) in [5.41, 5.74) is 0. The average Bonchev–Trinajstić information content (AvgIpc) is 3.23. The van der Waals surface area contributed by atoms with Crippen molar-refractivity contribution in [2.24, 2.45) is 0 Å². The Bertz CT molecular complexity index is 803. The summed E-state index contributed by atoms with van der Waals surface area (Å²) in [4.78, 5) is 3.60. The SMILES string of the molecule is CCc1ccc(C2=CC=CC(O[Cl+3]([O-])([O-])[O-])(c3ccc(CC)s3)S2)s1. The summed E-state index contributed by atoms with van der Waals surface area (Å²) in [7, 11) is -4.57. The monoisotopic (exact) mass is 416 g/mol. The number of thioether (sulfide) groups is 1. The molecule has 8 heteroatoms. The van der Waals surface area contributed by atoms with Crippen LogP contribution < -0.4 is 14.0 Å². The van der Waals surface area contributed by atoms with Gasteiger partial charge in [-0.05, 0) is 49.3 Å². The van der Waals surface area contributed by atoms with Gasteiger partial charge < -0.3 is 0 Å². The minimum Gasteiger partial charge on any atom is -0.183 e. The molecule has 0 N–H and O–H groups in total.